The van der Waals surface area contributed by atoms with E-state index < -0.39 is 23.7 Å². The molecule has 22 heavy (non-hydrogen) atoms. The van der Waals surface area contributed by atoms with Crippen LogP contribution in [0.5, 0.6) is 0 Å². The van der Waals surface area contributed by atoms with E-state index in [1.807, 2.05) is 24.3 Å². The fourth-order valence-corrected chi connectivity index (χ4v) is 2.53. The van der Waals surface area contributed by atoms with E-state index in [0.717, 1.165) is 21.3 Å². The third-order valence-electron chi connectivity index (χ3n) is 3.09. The molecular formula is C16H13FINO3. The van der Waals surface area contributed by atoms with Crippen molar-refractivity contribution in [1.29, 1.82) is 0 Å². The summed E-state index contributed by atoms with van der Waals surface area (Å²) in [6.45, 7) is 0. The number of benzene rings is 2. The van der Waals surface area contributed by atoms with E-state index in [9.17, 15) is 19.1 Å². The molecule has 0 bridgehead atoms. The summed E-state index contributed by atoms with van der Waals surface area (Å²) in [5, 5.41) is 11.8. The van der Waals surface area contributed by atoms with Gasteiger partial charge in [0.1, 0.15) is 11.9 Å². The molecule has 4 nitrogen and oxygen atoms in total. The maximum atomic E-state index is 12.8. The first-order valence-electron chi connectivity index (χ1n) is 6.50. The molecule has 0 aliphatic carbocycles. The first kappa shape index (κ1) is 16.4. The van der Waals surface area contributed by atoms with Crippen LogP contribution in [0.1, 0.15) is 15.9 Å². The Kier molecular flexibility index (Phi) is 5.48. The minimum absolute atomic E-state index is 0.182. The Morgan fingerprint density at radius 1 is 1.14 bits per heavy atom. The molecule has 0 spiro atoms. The Hall–Kier alpha value is -1.96. The van der Waals surface area contributed by atoms with Gasteiger partial charge >= 0.3 is 5.97 Å². The molecule has 6 heteroatoms. The van der Waals surface area contributed by atoms with Crippen molar-refractivity contribution < 1.29 is 19.1 Å². The van der Waals surface area contributed by atoms with Gasteiger partial charge in [0.05, 0.1) is 0 Å². The van der Waals surface area contributed by atoms with Crippen LogP contribution in [0.2, 0.25) is 0 Å². The lowest BCUT2D eigenvalue weighted by Crippen LogP contribution is -2.42. The highest BCUT2D eigenvalue weighted by molar-refractivity contribution is 14.1. The molecule has 1 atom stereocenters. The minimum Gasteiger partial charge on any atom is -0.480 e. The number of hydrogen-bond acceptors (Lipinski definition) is 2. The summed E-state index contributed by atoms with van der Waals surface area (Å²) in [6.07, 6.45) is 0.182. The summed E-state index contributed by atoms with van der Waals surface area (Å²) in [5.41, 5.74) is 1.06. The number of nitrogens with one attached hydrogen (secondary N) is 1. The van der Waals surface area contributed by atoms with Gasteiger partial charge in [0.25, 0.3) is 5.91 Å². The van der Waals surface area contributed by atoms with E-state index in [1.54, 1.807) is 0 Å². The van der Waals surface area contributed by atoms with Gasteiger partial charge in [-0.05, 0) is 58.5 Å². The van der Waals surface area contributed by atoms with Crippen molar-refractivity contribution in [2.45, 2.75) is 12.5 Å². The van der Waals surface area contributed by atoms with Crippen LogP contribution in [0, 0.1) is 9.39 Å². The van der Waals surface area contributed by atoms with E-state index in [4.69, 9.17) is 0 Å². The molecule has 1 amide bonds. The largest absolute Gasteiger partial charge is 0.480 e. The molecule has 0 unspecified atom stereocenters. The van der Waals surface area contributed by atoms with Gasteiger partial charge in [-0.2, -0.15) is 0 Å². The van der Waals surface area contributed by atoms with Crippen LogP contribution < -0.4 is 5.32 Å². The topological polar surface area (TPSA) is 66.4 Å². The predicted octanol–water partition coefficient (Wildman–Crippen LogP) is 2.86. The van der Waals surface area contributed by atoms with Gasteiger partial charge in [-0.1, -0.05) is 18.2 Å². The van der Waals surface area contributed by atoms with E-state index in [1.165, 1.54) is 12.1 Å². The first-order valence-corrected chi connectivity index (χ1v) is 7.58. The summed E-state index contributed by atoms with van der Waals surface area (Å²) < 4.78 is 13.8. The van der Waals surface area contributed by atoms with E-state index in [-0.39, 0.29) is 12.0 Å². The molecule has 0 heterocycles. The average Bonchev–Trinajstić information content (AvgIpc) is 2.49. The van der Waals surface area contributed by atoms with E-state index >= 15 is 0 Å². The normalized spacial score (nSPS) is 11.7. The fourth-order valence-electron chi connectivity index (χ4n) is 1.93. The van der Waals surface area contributed by atoms with Crippen LogP contribution in [-0.2, 0) is 11.2 Å². The molecule has 0 saturated carbocycles. The summed E-state index contributed by atoms with van der Waals surface area (Å²) in [5.74, 6) is -2.11. The molecule has 0 aliphatic heterocycles. The second-order valence-corrected chi connectivity index (χ2v) is 5.83. The summed E-state index contributed by atoms with van der Waals surface area (Å²) in [4.78, 5) is 23.4. The smallest absolute Gasteiger partial charge is 0.326 e. The number of hydrogen-bond donors (Lipinski definition) is 2. The first-order chi connectivity index (χ1) is 10.5. The molecule has 0 radical (unpaired) electrons. The zero-order valence-electron chi connectivity index (χ0n) is 11.4. The molecule has 0 fully saturated rings. The monoisotopic (exact) mass is 413 g/mol. The molecule has 2 N–H and O–H groups in total. The lowest BCUT2D eigenvalue weighted by atomic mass is 10.1. The van der Waals surface area contributed by atoms with Crippen molar-refractivity contribution in [3.63, 3.8) is 0 Å². The Morgan fingerprint density at radius 2 is 1.77 bits per heavy atom. The van der Waals surface area contributed by atoms with Crippen LogP contribution >= 0.6 is 22.6 Å². The zero-order chi connectivity index (χ0) is 16.1. The second-order valence-electron chi connectivity index (χ2n) is 4.67. The van der Waals surface area contributed by atoms with Crippen LogP contribution in [0.3, 0.4) is 0 Å². The Labute approximate surface area is 140 Å². The second kappa shape index (κ2) is 7.35. The van der Waals surface area contributed by atoms with Crippen molar-refractivity contribution in [2.24, 2.45) is 0 Å². The predicted molar refractivity (Wildman–Crippen MR) is 88.2 cm³/mol. The van der Waals surface area contributed by atoms with Crippen LogP contribution in [0.25, 0.3) is 0 Å². The highest BCUT2D eigenvalue weighted by atomic mass is 127. The summed E-state index contributed by atoms with van der Waals surface area (Å²) >= 11 is 2.12. The minimum atomic E-state index is -1.12. The van der Waals surface area contributed by atoms with Crippen molar-refractivity contribution in [3.8, 4) is 0 Å². The molecule has 2 aromatic carbocycles. The van der Waals surface area contributed by atoms with Gasteiger partial charge in [-0.15, -0.1) is 0 Å². The number of carboxylic acid groups (broad SMARTS) is 1. The maximum Gasteiger partial charge on any atom is 0.326 e. The molecule has 2 aromatic rings. The number of carbonyl (C=O) groups is 2. The molecule has 2 rings (SSSR count). The number of carboxylic acids is 1. The fraction of sp³-hybridized carbons (Fsp3) is 0.125. The van der Waals surface area contributed by atoms with Gasteiger partial charge in [-0.25, -0.2) is 9.18 Å². The van der Waals surface area contributed by atoms with Crippen molar-refractivity contribution >= 4 is 34.5 Å². The third-order valence-corrected chi connectivity index (χ3v) is 4.14. The Bertz CT molecular complexity index is 688. The summed E-state index contributed by atoms with van der Waals surface area (Å²) in [6, 6.07) is 11.3. The quantitative estimate of drug-likeness (QED) is 0.742. The number of rotatable bonds is 5. The Morgan fingerprint density at radius 3 is 2.36 bits per heavy atom. The van der Waals surface area contributed by atoms with Gasteiger partial charge < -0.3 is 10.4 Å². The van der Waals surface area contributed by atoms with Gasteiger partial charge in [-0.3, -0.25) is 4.79 Å². The molecule has 0 aromatic heterocycles. The summed E-state index contributed by atoms with van der Waals surface area (Å²) in [7, 11) is 0. The van der Waals surface area contributed by atoms with E-state index in [2.05, 4.69) is 27.9 Å². The van der Waals surface area contributed by atoms with Crippen molar-refractivity contribution in [3.05, 3.63) is 69.0 Å². The van der Waals surface area contributed by atoms with Crippen LogP contribution in [0.15, 0.2) is 48.5 Å². The molecule has 114 valence electrons. The number of halogens is 2. The lowest BCUT2D eigenvalue weighted by Gasteiger charge is -2.15. The van der Waals surface area contributed by atoms with Crippen molar-refractivity contribution in [1.82, 2.24) is 5.32 Å². The zero-order valence-corrected chi connectivity index (χ0v) is 13.6. The average molecular weight is 413 g/mol. The van der Waals surface area contributed by atoms with E-state index in [0.29, 0.717) is 0 Å². The maximum absolute atomic E-state index is 12.8. The lowest BCUT2D eigenvalue weighted by molar-refractivity contribution is -0.139. The number of aliphatic carboxylic acids is 1. The van der Waals surface area contributed by atoms with Gasteiger partial charge in [0.15, 0.2) is 0 Å². The highest BCUT2D eigenvalue weighted by Crippen LogP contribution is 2.14. The molecule has 0 saturated heterocycles. The van der Waals surface area contributed by atoms with Crippen LogP contribution in [-0.4, -0.2) is 23.0 Å². The highest BCUT2D eigenvalue weighted by Gasteiger charge is 2.22. The standard InChI is InChI=1S/C16H13FINO3/c17-12-7-5-10(6-8-12)15(20)19-14(16(21)22)9-11-3-1-2-4-13(11)18/h1-8,14H,9H2,(H,19,20)(H,21,22)/t14-/m0/s1. The van der Waals surface area contributed by atoms with Gasteiger partial charge in [0.2, 0.25) is 0 Å². The Balaban J connectivity index is 2.12. The van der Waals surface area contributed by atoms with Crippen LogP contribution in [0.4, 0.5) is 4.39 Å². The van der Waals surface area contributed by atoms with Gasteiger partial charge in [0, 0.05) is 15.6 Å². The number of carbonyl (C=O) groups excluding carboxylic acids is 1. The number of amides is 1. The van der Waals surface area contributed by atoms with Crippen molar-refractivity contribution in [2.75, 3.05) is 0 Å². The SMILES string of the molecule is O=C(N[C@@H](Cc1ccccc1I)C(=O)O)c1ccc(F)cc1. The molecular weight excluding hydrogens is 400 g/mol. The molecule has 0 aliphatic rings. The third kappa shape index (κ3) is 4.27.